The highest BCUT2D eigenvalue weighted by atomic mass is 32.2. The van der Waals surface area contributed by atoms with Gasteiger partial charge >= 0.3 is 0 Å². The van der Waals surface area contributed by atoms with Crippen molar-refractivity contribution in [2.75, 3.05) is 37.4 Å². The average molecular weight is 471 g/mol. The van der Waals surface area contributed by atoms with E-state index in [-0.39, 0.29) is 10.8 Å². The molecule has 2 heterocycles. The lowest BCUT2D eigenvalue weighted by Crippen LogP contribution is -2.32. The molecule has 0 spiro atoms. The van der Waals surface area contributed by atoms with Crippen molar-refractivity contribution in [3.63, 3.8) is 0 Å². The summed E-state index contributed by atoms with van der Waals surface area (Å²) in [6, 6.07) is 14.5. The van der Waals surface area contributed by atoms with Crippen LogP contribution in [0.5, 0.6) is 0 Å². The summed E-state index contributed by atoms with van der Waals surface area (Å²) in [6.45, 7) is 1.69. The Morgan fingerprint density at radius 1 is 1.06 bits per heavy atom. The third-order valence-corrected chi connectivity index (χ3v) is 8.05. The first kappa shape index (κ1) is 22.4. The predicted octanol–water partition coefficient (Wildman–Crippen LogP) is 4.30. The molecule has 168 valence electrons. The van der Waals surface area contributed by atoms with Gasteiger partial charge in [0, 0.05) is 43.8 Å². The van der Waals surface area contributed by atoms with Crippen molar-refractivity contribution in [3.05, 3.63) is 59.5 Å². The normalized spacial score (nSPS) is 14.5. The van der Waals surface area contributed by atoms with Crippen LogP contribution in [-0.4, -0.2) is 50.8 Å². The van der Waals surface area contributed by atoms with Gasteiger partial charge in [-0.3, -0.25) is 10.1 Å². The van der Waals surface area contributed by atoms with Gasteiger partial charge < -0.3 is 4.90 Å². The zero-order chi connectivity index (χ0) is 22.7. The second kappa shape index (κ2) is 9.40. The number of nitrogens with zero attached hydrogens (tertiary/aromatic N) is 3. The van der Waals surface area contributed by atoms with Crippen LogP contribution < -0.4 is 10.2 Å². The first-order valence-corrected chi connectivity index (χ1v) is 12.8. The number of rotatable bonds is 6. The van der Waals surface area contributed by atoms with Crippen molar-refractivity contribution >= 4 is 38.1 Å². The molecule has 1 aliphatic heterocycles. The number of anilines is 2. The van der Waals surface area contributed by atoms with Crippen LogP contribution in [0.2, 0.25) is 0 Å². The van der Waals surface area contributed by atoms with Crippen molar-refractivity contribution < 1.29 is 13.2 Å². The van der Waals surface area contributed by atoms with E-state index in [1.165, 1.54) is 31.5 Å². The van der Waals surface area contributed by atoms with E-state index < -0.39 is 10.0 Å². The standard InChI is InChI=1S/C23H26N4O3S2/c1-26(2)32(29,30)18-11-12-21(27-13-7-4-8-14-27)19(15-18)22(28)25-23-24-20(16-31-23)17-9-5-3-6-10-17/h3,5-6,9-12,15-16H,4,7-8,13-14H2,1-2H3,(H,24,25,28). The summed E-state index contributed by atoms with van der Waals surface area (Å²) < 4.78 is 26.5. The SMILES string of the molecule is CN(C)S(=O)(=O)c1ccc(N2CCCCC2)c(C(=O)Nc2nc(-c3ccccc3)cs2)c1. The number of nitrogens with one attached hydrogen (secondary N) is 1. The van der Waals surface area contributed by atoms with E-state index in [1.54, 1.807) is 12.1 Å². The van der Waals surface area contributed by atoms with E-state index in [9.17, 15) is 13.2 Å². The molecule has 0 aliphatic carbocycles. The van der Waals surface area contributed by atoms with Crippen LogP contribution in [0, 0.1) is 0 Å². The molecule has 1 fully saturated rings. The molecule has 0 bridgehead atoms. The number of piperidine rings is 1. The molecule has 1 amide bonds. The molecule has 1 saturated heterocycles. The Bertz CT molecular complexity index is 1200. The molecule has 1 aromatic heterocycles. The monoisotopic (exact) mass is 470 g/mol. The van der Waals surface area contributed by atoms with Gasteiger partial charge in [0.1, 0.15) is 0 Å². The number of thiazole rings is 1. The molecule has 3 aromatic rings. The van der Waals surface area contributed by atoms with Crippen molar-refractivity contribution in [1.82, 2.24) is 9.29 Å². The maximum absolute atomic E-state index is 13.3. The lowest BCUT2D eigenvalue weighted by Gasteiger charge is -2.30. The van der Waals surface area contributed by atoms with Gasteiger partial charge in [0.05, 0.1) is 16.2 Å². The van der Waals surface area contributed by atoms with Crippen LogP contribution in [0.25, 0.3) is 11.3 Å². The van der Waals surface area contributed by atoms with E-state index in [4.69, 9.17) is 0 Å². The number of amides is 1. The number of hydrogen-bond acceptors (Lipinski definition) is 6. The summed E-state index contributed by atoms with van der Waals surface area (Å²) in [5.41, 5.74) is 2.84. The number of benzene rings is 2. The molecular weight excluding hydrogens is 444 g/mol. The maximum atomic E-state index is 13.3. The molecule has 1 aliphatic rings. The van der Waals surface area contributed by atoms with Gasteiger partial charge in [0.15, 0.2) is 5.13 Å². The van der Waals surface area contributed by atoms with Crippen LogP contribution in [-0.2, 0) is 10.0 Å². The third kappa shape index (κ3) is 4.69. The minimum atomic E-state index is -3.66. The fourth-order valence-electron chi connectivity index (χ4n) is 3.72. The summed E-state index contributed by atoms with van der Waals surface area (Å²) in [7, 11) is -0.702. The Morgan fingerprint density at radius 2 is 1.78 bits per heavy atom. The van der Waals surface area contributed by atoms with Gasteiger partial charge in [-0.1, -0.05) is 30.3 Å². The molecule has 7 nitrogen and oxygen atoms in total. The Labute approximate surface area is 192 Å². The minimum Gasteiger partial charge on any atom is -0.371 e. The van der Waals surface area contributed by atoms with Gasteiger partial charge in [0.2, 0.25) is 10.0 Å². The second-order valence-corrected chi connectivity index (χ2v) is 10.9. The second-order valence-electron chi connectivity index (χ2n) is 7.87. The Morgan fingerprint density at radius 3 is 2.47 bits per heavy atom. The zero-order valence-electron chi connectivity index (χ0n) is 18.1. The van der Waals surface area contributed by atoms with Gasteiger partial charge in [0.25, 0.3) is 5.91 Å². The first-order valence-electron chi connectivity index (χ1n) is 10.5. The summed E-state index contributed by atoms with van der Waals surface area (Å²) in [4.78, 5) is 20.1. The largest absolute Gasteiger partial charge is 0.371 e. The van der Waals surface area contributed by atoms with Gasteiger partial charge in [-0.15, -0.1) is 11.3 Å². The quantitative estimate of drug-likeness (QED) is 0.581. The molecule has 4 rings (SSSR count). The van der Waals surface area contributed by atoms with E-state index in [2.05, 4.69) is 15.2 Å². The summed E-state index contributed by atoms with van der Waals surface area (Å²) >= 11 is 1.34. The molecular formula is C23H26N4O3S2. The third-order valence-electron chi connectivity index (χ3n) is 5.48. The van der Waals surface area contributed by atoms with Crippen molar-refractivity contribution in [1.29, 1.82) is 0 Å². The lowest BCUT2D eigenvalue weighted by atomic mass is 10.1. The molecule has 0 radical (unpaired) electrons. The van der Waals surface area contributed by atoms with Gasteiger partial charge in [-0.05, 0) is 37.5 Å². The van der Waals surface area contributed by atoms with E-state index in [1.807, 2.05) is 35.7 Å². The Hall–Kier alpha value is -2.75. The highest BCUT2D eigenvalue weighted by Gasteiger charge is 2.24. The Kier molecular flexibility index (Phi) is 6.59. The van der Waals surface area contributed by atoms with Crippen LogP contribution in [0.3, 0.4) is 0 Å². The molecule has 2 aromatic carbocycles. The molecule has 0 saturated carbocycles. The highest BCUT2D eigenvalue weighted by Crippen LogP contribution is 2.30. The summed E-state index contributed by atoms with van der Waals surface area (Å²) in [5, 5.41) is 5.23. The summed E-state index contributed by atoms with van der Waals surface area (Å²) in [5.74, 6) is -0.365. The van der Waals surface area contributed by atoms with Gasteiger partial charge in [-0.25, -0.2) is 17.7 Å². The molecule has 0 atom stereocenters. The number of hydrogen-bond donors (Lipinski definition) is 1. The smallest absolute Gasteiger partial charge is 0.259 e. The minimum absolute atomic E-state index is 0.0949. The van der Waals surface area contributed by atoms with Crippen molar-refractivity contribution in [3.8, 4) is 11.3 Å². The zero-order valence-corrected chi connectivity index (χ0v) is 19.7. The van der Waals surface area contributed by atoms with E-state index >= 15 is 0 Å². The van der Waals surface area contributed by atoms with Crippen LogP contribution in [0.4, 0.5) is 10.8 Å². The molecule has 32 heavy (non-hydrogen) atoms. The lowest BCUT2D eigenvalue weighted by molar-refractivity contribution is 0.102. The fraction of sp³-hybridized carbons (Fsp3) is 0.304. The van der Waals surface area contributed by atoms with Crippen molar-refractivity contribution in [2.45, 2.75) is 24.2 Å². The number of sulfonamides is 1. The van der Waals surface area contributed by atoms with Crippen LogP contribution in [0.15, 0.2) is 58.8 Å². The molecule has 9 heteroatoms. The summed E-state index contributed by atoms with van der Waals surface area (Å²) in [6.07, 6.45) is 3.25. The number of carbonyl (C=O) groups excluding carboxylic acids is 1. The number of carbonyl (C=O) groups is 1. The van der Waals surface area contributed by atoms with Crippen LogP contribution >= 0.6 is 11.3 Å². The van der Waals surface area contributed by atoms with E-state index in [0.717, 1.165) is 53.6 Å². The van der Waals surface area contributed by atoms with Gasteiger partial charge in [-0.2, -0.15) is 0 Å². The van der Waals surface area contributed by atoms with Crippen molar-refractivity contribution in [2.24, 2.45) is 0 Å². The highest BCUT2D eigenvalue weighted by molar-refractivity contribution is 7.89. The maximum Gasteiger partial charge on any atom is 0.259 e. The molecule has 1 N–H and O–H groups in total. The Balaban J connectivity index is 1.66. The topological polar surface area (TPSA) is 82.6 Å². The van der Waals surface area contributed by atoms with E-state index in [0.29, 0.717) is 10.7 Å². The molecule has 0 unspecified atom stereocenters. The first-order chi connectivity index (χ1) is 15.4. The average Bonchev–Trinajstić information content (AvgIpc) is 3.28. The number of aromatic nitrogens is 1. The fourth-order valence-corrected chi connectivity index (χ4v) is 5.36. The van der Waals surface area contributed by atoms with Crippen LogP contribution in [0.1, 0.15) is 29.6 Å². The predicted molar refractivity (Wildman–Crippen MR) is 129 cm³/mol.